The third kappa shape index (κ3) is 3.25. The fourth-order valence-corrected chi connectivity index (χ4v) is 2.66. The zero-order valence-electron chi connectivity index (χ0n) is 12.0. The van der Waals surface area contributed by atoms with Crippen LogP contribution in [0.25, 0.3) is 0 Å². The van der Waals surface area contributed by atoms with Crippen molar-refractivity contribution >= 4 is 18.4 Å². The van der Waals surface area contributed by atoms with Crippen LogP contribution in [0.1, 0.15) is 25.3 Å². The summed E-state index contributed by atoms with van der Waals surface area (Å²) < 4.78 is 5.28. The normalized spacial score (nSPS) is 18.1. The number of nitrogens with zero attached hydrogens (tertiary/aromatic N) is 1. The van der Waals surface area contributed by atoms with E-state index in [0.29, 0.717) is 6.61 Å². The van der Waals surface area contributed by atoms with Gasteiger partial charge in [-0.15, -0.1) is 12.4 Å². The van der Waals surface area contributed by atoms with Gasteiger partial charge in [0.1, 0.15) is 5.75 Å². The van der Waals surface area contributed by atoms with Gasteiger partial charge in [0.15, 0.2) is 0 Å². The first kappa shape index (κ1) is 16.8. The van der Waals surface area contributed by atoms with Gasteiger partial charge in [0.05, 0.1) is 12.0 Å². The largest absolute Gasteiger partial charge is 0.508 e. The lowest BCUT2D eigenvalue weighted by Gasteiger charge is -2.38. The molecule has 1 aliphatic rings. The number of likely N-dealkylation sites (tertiary alicyclic amines) is 1. The number of piperidine rings is 1. The Hall–Kier alpha value is -1.26. The zero-order valence-corrected chi connectivity index (χ0v) is 12.8. The van der Waals surface area contributed by atoms with Gasteiger partial charge in [0.25, 0.3) is 0 Å². The molecule has 0 unspecified atom stereocenters. The highest BCUT2D eigenvalue weighted by Gasteiger charge is 2.43. The number of carbonyl (C=O) groups excluding carboxylic acids is 1. The van der Waals surface area contributed by atoms with Crippen LogP contribution in [-0.2, 0) is 14.9 Å². The molecule has 2 rings (SSSR count). The van der Waals surface area contributed by atoms with Crippen molar-refractivity contribution in [3.8, 4) is 5.75 Å². The maximum absolute atomic E-state index is 12.4. The highest BCUT2D eigenvalue weighted by molar-refractivity contribution is 5.85. The first-order valence-corrected chi connectivity index (χ1v) is 6.74. The summed E-state index contributed by atoms with van der Waals surface area (Å²) in [6.45, 7) is 3.98. The second kappa shape index (κ2) is 6.95. The average Bonchev–Trinajstić information content (AvgIpc) is 2.41. The first-order valence-electron chi connectivity index (χ1n) is 6.74. The Morgan fingerprint density at radius 3 is 2.35 bits per heavy atom. The molecular weight excluding hydrogens is 278 g/mol. The molecule has 1 N–H and O–H groups in total. The van der Waals surface area contributed by atoms with E-state index in [4.69, 9.17) is 4.74 Å². The molecule has 0 spiro atoms. The Morgan fingerprint density at radius 2 is 1.85 bits per heavy atom. The Balaban J connectivity index is 0.00000200. The van der Waals surface area contributed by atoms with E-state index in [1.807, 2.05) is 19.1 Å². The smallest absolute Gasteiger partial charge is 0.316 e. The summed E-state index contributed by atoms with van der Waals surface area (Å²) in [5.41, 5.74) is 0.382. The van der Waals surface area contributed by atoms with E-state index in [1.54, 1.807) is 12.1 Å². The Bertz CT molecular complexity index is 439. The molecule has 0 amide bonds. The van der Waals surface area contributed by atoms with Crippen LogP contribution in [0.2, 0.25) is 0 Å². The minimum Gasteiger partial charge on any atom is -0.508 e. The van der Waals surface area contributed by atoms with Crippen molar-refractivity contribution in [2.45, 2.75) is 25.2 Å². The highest BCUT2D eigenvalue weighted by atomic mass is 35.5. The quantitative estimate of drug-likeness (QED) is 0.871. The molecule has 0 aliphatic carbocycles. The summed E-state index contributed by atoms with van der Waals surface area (Å²) in [4.78, 5) is 14.6. The molecule has 0 bridgehead atoms. The van der Waals surface area contributed by atoms with Crippen molar-refractivity contribution in [3.05, 3.63) is 29.8 Å². The summed E-state index contributed by atoms with van der Waals surface area (Å²) in [5, 5.41) is 9.40. The number of esters is 1. The number of aromatic hydroxyl groups is 1. The predicted octanol–water partition coefficient (Wildman–Crippen LogP) is 2.34. The number of carbonyl (C=O) groups is 1. The van der Waals surface area contributed by atoms with Gasteiger partial charge in [0, 0.05) is 0 Å². The number of hydrogen-bond donors (Lipinski definition) is 1. The second-order valence-corrected chi connectivity index (χ2v) is 5.15. The van der Waals surface area contributed by atoms with Crippen LogP contribution < -0.4 is 0 Å². The van der Waals surface area contributed by atoms with E-state index < -0.39 is 5.41 Å². The number of phenolic OH excluding ortho intramolecular Hbond substituents is 1. The predicted molar refractivity (Wildman–Crippen MR) is 80.4 cm³/mol. The summed E-state index contributed by atoms with van der Waals surface area (Å²) in [6, 6.07) is 6.93. The van der Waals surface area contributed by atoms with E-state index in [-0.39, 0.29) is 24.1 Å². The Labute approximate surface area is 126 Å². The lowest BCUT2D eigenvalue weighted by Crippen LogP contribution is -2.47. The molecule has 1 fully saturated rings. The van der Waals surface area contributed by atoms with Gasteiger partial charge in [0.2, 0.25) is 0 Å². The van der Waals surface area contributed by atoms with Crippen LogP contribution in [0.15, 0.2) is 24.3 Å². The maximum Gasteiger partial charge on any atom is 0.316 e. The third-order valence-corrected chi connectivity index (χ3v) is 3.93. The third-order valence-electron chi connectivity index (χ3n) is 3.93. The van der Waals surface area contributed by atoms with E-state index >= 15 is 0 Å². The number of benzene rings is 1. The second-order valence-electron chi connectivity index (χ2n) is 5.15. The number of phenols is 1. The zero-order chi connectivity index (χ0) is 13.9. The van der Waals surface area contributed by atoms with E-state index in [0.717, 1.165) is 31.5 Å². The molecule has 20 heavy (non-hydrogen) atoms. The maximum atomic E-state index is 12.4. The van der Waals surface area contributed by atoms with Crippen molar-refractivity contribution in [3.63, 3.8) is 0 Å². The van der Waals surface area contributed by atoms with Crippen LogP contribution in [-0.4, -0.2) is 42.7 Å². The topological polar surface area (TPSA) is 49.8 Å². The van der Waals surface area contributed by atoms with E-state index in [1.165, 1.54) is 0 Å². The fraction of sp³-hybridized carbons (Fsp3) is 0.533. The molecule has 5 heteroatoms. The Kier molecular flexibility index (Phi) is 5.84. The molecule has 1 aliphatic heterocycles. The number of hydrogen-bond acceptors (Lipinski definition) is 4. The summed E-state index contributed by atoms with van der Waals surface area (Å²) in [6.07, 6.45) is 1.51. The first-order chi connectivity index (χ1) is 9.08. The molecule has 0 saturated carbocycles. The molecule has 1 aromatic rings. The van der Waals surface area contributed by atoms with Gasteiger partial charge in [-0.1, -0.05) is 12.1 Å². The molecule has 1 heterocycles. The van der Waals surface area contributed by atoms with Crippen LogP contribution >= 0.6 is 12.4 Å². The van der Waals surface area contributed by atoms with Gasteiger partial charge in [-0.3, -0.25) is 4.79 Å². The fourth-order valence-electron chi connectivity index (χ4n) is 2.66. The summed E-state index contributed by atoms with van der Waals surface area (Å²) in [7, 11) is 2.06. The monoisotopic (exact) mass is 299 g/mol. The van der Waals surface area contributed by atoms with Gasteiger partial charge in [-0.05, 0) is 57.6 Å². The lowest BCUT2D eigenvalue weighted by molar-refractivity contribution is -0.152. The van der Waals surface area contributed by atoms with Gasteiger partial charge < -0.3 is 14.7 Å². The van der Waals surface area contributed by atoms with Gasteiger partial charge in [-0.25, -0.2) is 0 Å². The molecule has 0 atom stereocenters. The molecule has 0 aromatic heterocycles. The standard InChI is InChI=1S/C15H21NO3.ClH/c1-3-19-14(18)15(8-10-16(2)11-9-15)12-4-6-13(17)7-5-12;/h4-7,17H,3,8-11H2,1-2H3;1H. The van der Waals surface area contributed by atoms with E-state index in [9.17, 15) is 9.90 Å². The van der Waals surface area contributed by atoms with Crippen LogP contribution in [0.5, 0.6) is 5.75 Å². The van der Waals surface area contributed by atoms with Crippen molar-refractivity contribution in [2.24, 2.45) is 0 Å². The van der Waals surface area contributed by atoms with Crippen molar-refractivity contribution in [1.29, 1.82) is 0 Å². The molecule has 4 nitrogen and oxygen atoms in total. The minimum atomic E-state index is -0.559. The number of ether oxygens (including phenoxy) is 1. The van der Waals surface area contributed by atoms with Gasteiger partial charge >= 0.3 is 5.97 Å². The summed E-state index contributed by atoms with van der Waals surface area (Å²) in [5.74, 6) is 0.0736. The molecule has 1 aromatic carbocycles. The number of halogens is 1. The lowest BCUT2D eigenvalue weighted by atomic mass is 9.73. The van der Waals surface area contributed by atoms with Crippen LogP contribution in [0, 0.1) is 0 Å². The van der Waals surface area contributed by atoms with E-state index in [2.05, 4.69) is 11.9 Å². The van der Waals surface area contributed by atoms with Crippen LogP contribution in [0.3, 0.4) is 0 Å². The number of rotatable bonds is 3. The van der Waals surface area contributed by atoms with Crippen LogP contribution in [0.4, 0.5) is 0 Å². The van der Waals surface area contributed by atoms with Crippen molar-refractivity contribution < 1.29 is 14.6 Å². The molecule has 112 valence electrons. The van der Waals surface area contributed by atoms with Crippen molar-refractivity contribution in [1.82, 2.24) is 4.90 Å². The minimum absolute atomic E-state index is 0. The molecule has 1 saturated heterocycles. The average molecular weight is 300 g/mol. The molecule has 0 radical (unpaired) electrons. The highest BCUT2D eigenvalue weighted by Crippen LogP contribution is 2.37. The van der Waals surface area contributed by atoms with Crippen molar-refractivity contribution in [2.75, 3.05) is 26.7 Å². The van der Waals surface area contributed by atoms with Gasteiger partial charge in [-0.2, -0.15) is 0 Å². The SMILES string of the molecule is CCOC(=O)C1(c2ccc(O)cc2)CCN(C)CC1.Cl. The Morgan fingerprint density at radius 1 is 1.30 bits per heavy atom. The summed E-state index contributed by atoms with van der Waals surface area (Å²) >= 11 is 0. The molecular formula is C15H22ClNO3.